The minimum Gasteiger partial charge on any atom is -0.504 e. The van der Waals surface area contributed by atoms with Gasteiger partial charge in [0.1, 0.15) is 16.4 Å². The Balaban J connectivity index is 1.53. The molecule has 5 rings (SSSR count). The second kappa shape index (κ2) is 9.63. The molecular weight excluding hydrogens is 498 g/mol. The van der Waals surface area contributed by atoms with E-state index in [1.165, 1.54) is 10.4 Å². The third-order valence-corrected chi connectivity index (χ3v) is 8.43. The summed E-state index contributed by atoms with van der Waals surface area (Å²) in [6.45, 7) is 8.82. The Labute approximate surface area is 214 Å². The van der Waals surface area contributed by atoms with Gasteiger partial charge >= 0.3 is 0 Å². The van der Waals surface area contributed by atoms with E-state index in [-0.39, 0.29) is 39.7 Å². The molecule has 0 radical (unpaired) electrons. The summed E-state index contributed by atoms with van der Waals surface area (Å²) < 4.78 is 38.4. The van der Waals surface area contributed by atoms with Crippen molar-refractivity contribution in [2.45, 2.75) is 51.5 Å². The summed E-state index contributed by atoms with van der Waals surface area (Å²) >= 11 is 0. The van der Waals surface area contributed by atoms with Gasteiger partial charge in [-0.1, -0.05) is 19.9 Å². The van der Waals surface area contributed by atoms with Crippen molar-refractivity contribution in [3.8, 4) is 5.75 Å². The molecule has 1 aliphatic heterocycles. The van der Waals surface area contributed by atoms with Gasteiger partial charge in [0.05, 0.1) is 11.7 Å². The molecule has 1 atom stereocenters. The van der Waals surface area contributed by atoms with Gasteiger partial charge in [-0.05, 0) is 66.7 Å². The zero-order valence-corrected chi connectivity index (χ0v) is 21.8. The van der Waals surface area contributed by atoms with Crippen molar-refractivity contribution in [1.29, 1.82) is 0 Å². The number of hydrogen-bond donors (Lipinski definition) is 3. The van der Waals surface area contributed by atoms with Crippen LogP contribution < -0.4 is 10.6 Å². The molecule has 0 spiro atoms. The van der Waals surface area contributed by atoms with Gasteiger partial charge in [-0.25, -0.2) is 23.0 Å². The van der Waals surface area contributed by atoms with Gasteiger partial charge < -0.3 is 20.2 Å². The first-order valence-corrected chi connectivity index (χ1v) is 13.5. The minimum atomic E-state index is -3.85. The predicted octanol–water partition coefficient (Wildman–Crippen LogP) is 4.27. The number of para-hydroxylation sites is 1. The van der Waals surface area contributed by atoms with Crippen LogP contribution in [-0.2, 0) is 10.0 Å². The number of aromatic nitrogens is 4. The van der Waals surface area contributed by atoms with Crippen molar-refractivity contribution >= 4 is 38.6 Å². The molecule has 0 unspecified atom stereocenters. The Morgan fingerprint density at radius 3 is 2.35 bits per heavy atom. The largest absolute Gasteiger partial charge is 0.504 e. The van der Waals surface area contributed by atoms with E-state index >= 15 is 0 Å². The Hall–Kier alpha value is -3.71. The van der Waals surface area contributed by atoms with E-state index < -0.39 is 15.8 Å². The number of hydrogen-bond acceptors (Lipinski definition) is 11. The molecule has 196 valence electrons. The highest BCUT2D eigenvalue weighted by molar-refractivity contribution is 7.89. The lowest BCUT2D eigenvalue weighted by molar-refractivity contribution is 0.314. The van der Waals surface area contributed by atoms with Gasteiger partial charge in [0, 0.05) is 13.1 Å². The molecule has 1 fully saturated rings. The van der Waals surface area contributed by atoms with Crippen LogP contribution in [0.5, 0.6) is 5.75 Å². The molecule has 0 saturated carbocycles. The molecule has 13 heteroatoms. The van der Waals surface area contributed by atoms with Gasteiger partial charge in [0.2, 0.25) is 21.3 Å². The molecule has 4 heterocycles. The van der Waals surface area contributed by atoms with Crippen LogP contribution >= 0.6 is 0 Å². The molecule has 1 aromatic carbocycles. The SMILES string of the molecule is Cc1cc([C@H](Nc2nc3nonc3nc2Nc2cccc(S(=O)(=O)N3CCCC3)c2O)C(C)C)oc1C. The average molecular weight is 528 g/mol. The number of furan rings is 1. The number of benzene rings is 1. The predicted molar refractivity (Wildman–Crippen MR) is 136 cm³/mol. The molecule has 12 nitrogen and oxygen atoms in total. The maximum Gasteiger partial charge on any atom is 0.246 e. The number of nitrogens with zero attached hydrogens (tertiary/aromatic N) is 5. The monoisotopic (exact) mass is 527 g/mol. The fourth-order valence-corrected chi connectivity index (χ4v) is 5.94. The second-order valence-electron chi connectivity index (χ2n) is 9.47. The maximum atomic E-state index is 13.1. The standard InChI is InChI=1S/C24H29N7O5S/c1-13(2)19(17-12-14(3)15(4)35-17)26-22-21(27-23-24(28-22)30-36-29-23)25-16-8-7-9-18(20(16)32)37(33,34)31-10-5-6-11-31/h7-9,12-13,19,32H,5-6,10-11H2,1-4H3,(H,25,27,29)(H,26,28,30)/t19-/m1/s1. The van der Waals surface area contributed by atoms with Crippen molar-refractivity contribution in [1.82, 2.24) is 24.6 Å². The summed E-state index contributed by atoms with van der Waals surface area (Å²) in [4.78, 5) is 8.81. The summed E-state index contributed by atoms with van der Waals surface area (Å²) in [5, 5.41) is 25.0. The molecule has 3 N–H and O–H groups in total. The number of aryl methyl sites for hydroxylation is 2. The van der Waals surface area contributed by atoms with Crippen LogP contribution in [0, 0.1) is 19.8 Å². The number of aromatic hydroxyl groups is 1. The number of sulfonamides is 1. The first kappa shape index (κ1) is 25.0. The number of nitrogens with one attached hydrogen (secondary N) is 2. The topological polar surface area (TPSA) is 160 Å². The molecule has 1 saturated heterocycles. The van der Waals surface area contributed by atoms with E-state index in [2.05, 4.69) is 30.9 Å². The number of phenols is 1. The third kappa shape index (κ3) is 4.71. The number of anilines is 3. The van der Waals surface area contributed by atoms with Crippen molar-refractivity contribution in [3.63, 3.8) is 0 Å². The van der Waals surface area contributed by atoms with E-state index in [1.54, 1.807) is 12.1 Å². The smallest absolute Gasteiger partial charge is 0.246 e. The third-order valence-electron chi connectivity index (χ3n) is 6.50. The summed E-state index contributed by atoms with van der Waals surface area (Å²) in [6.07, 6.45) is 1.58. The van der Waals surface area contributed by atoms with Crippen molar-refractivity contribution in [2.75, 3.05) is 23.7 Å². The van der Waals surface area contributed by atoms with Crippen LogP contribution in [0.15, 0.2) is 38.2 Å². The lowest BCUT2D eigenvalue weighted by Crippen LogP contribution is -2.28. The van der Waals surface area contributed by atoms with Gasteiger partial charge in [-0.2, -0.15) is 4.31 Å². The van der Waals surface area contributed by atoms with Gasteiger partial charge in [0.15, 0.2) is 17.4 Å². The van der Waals surface area contributed by atoms with Crippen LogP contribution in [-0.4, -0.2) is 51.2 Å². The van der Waals surface area contributed by atoms with Gasteiger partial charge in [0.25, 0.3) is 0 Å². The molecule has 0 amide bonds. The first-order chi connectivity index (χ1) is 17.6. The molecular formula is C24H29N7O5S. The highest BCUT2D eigenvalue weighted by atomic mass is 32.2. The minimum absolute atomic E-state index is 0.105. The van der Waals surface area contributed by atoms with E-state index in [0.29, 0.717) is 18.9 Å². The quantitative estimate of drug-likeness (QED) is 0.281. The van der Waals surface area contributed by atoms with Crippen LogP contribution in [0.3, 0.4) is 0 Å². The summed E-state index contributed by atoms with van der Waals surface area (Å²) in [5.41, 5.74) is 1.53. The van der Waals surface area contributed by atoms with Crippen molar-refractivity contribution in [3.05, 3.63) is 41.3 Å². The second-order valence-corrected chi connectivity index (χ2v) is 11.4. The van der Waals surface area contributed by atoms with E-state index in [1.807, 2.05) is 33.8 Å². The Bertz CT molecular complexity index is 1520. The lowest BCUT2D eigenvalue weighted by atomic mass is 10.0. The van der Waals surface area contributed by atoms with Crippen LogP contribution in [0.25, 0.3) is 11.3 Å². The highest BCUT2D eigenvalue weighted by Crippen LogP contribution is 2.38. The average Bonchev–Trinajstić information content (AvgIpc) is 3.60. The molecule has 4 aromatic rings. The van der Waals surface area contributed by atoms with E-state index in [0.717, 1.165) is 29.9 Å². The van der Waals surface area contributed by atoms with E-state index in [9.17, 15) is 13.5 Å². The number of phenolic OH excluding ortho intramolecular Hbond substituents is 1. The number of fused-ring (bicyclic) bond motifs is 1. The first-order valence-electron chi connectivity index (χ1n) is 12.1. The van der Waals surface area contributed by atoms with Crippen LogP contribution in [0.4, 0.5) is 17.3 Å². The molecule has 3 aromatic heterocycles. The fourth-order valence-electron chi connectivity index (χ4n) is 4.32. The zero-order chi connectivity index (χ0) is 26.3. The molecule has 1 aliphatic rings. The zero-order valence-electron chi connectivity index (χ0n) is 21.0. The van der Waals surface area contributed by atoms with Gasteiger partial charge in [-0.15, -0.1) is 0 Å². The summed E-state index contributed by atoms with van der Waals surface area (Å²) in [7, 11) is -3.85. The maximum absolute atomic E-state index is 13.1. The fraction of sp³-hybridized carbons (Fsp3) is 0.417. The number of rotatable bonds is 8. The summed E-state index contributed by atoms with van der Waals surface area (Å²) in [6, 6.07) is 6.22. The van der Waals surface area contributed by atoms with Gasteiger partial charge in [-0.3, -0.25) is 0 Å². The normalized spacial score (nSPS) is 15.5. The Morgan fingerprint density at radius 1 is 1.05 bits per heavy atom. The Morgan fingerprint density at radius 2 is 1.73 bits per heavy atom. The summed E-state index contributed by atoms with van der Waals surface area (Å²) in [5.74, 6) is 1.77. The van der Waals surface area contributed by atoms with Crippen LogP contribution in [0.1, 0.15) is 49.8 Å². The van der Waals surface area contributed by atoms with Crippen molar-refractivity contribution in [2.24, 2.45) is 5.92 Å². The van der Waals surface area contributed by atoms with E-state index in [4.69, 9.17) is 9.05 Å². The highest BCUT2D eigenvalue weighted by Gasteiger charge is 2.31. The molecule has 0 aliphatic carbocycles. The molecule has 0 bridgehead atoms. The lowest BCUT2D eigenvalue weighted by Gasteiger charge is -2.22. The van der Waals surface area contributed by atoms with Crippen molar-refractivity contribution < 1.29 is 22.6 Å². The molecule has 37 heavy (non-hydrogen) atoms. The Kier molecular flexibility index (Phi) is 6.50. The van der Waals surface area contributed by atoms with Crippen LogP contribution in [0.2, 0.25) is 0 Å².